The molecule has 6 heteroatoms. The molecule has 20 heavy (non-hydrogen) atoms. The van der Waals surface area contributed by atoms with E-state index in [1.165, 1.54) is 0 Å². The molecule has 0 saturated carbocycles. The number of ether oxygens (including phenoxy) is 1. The van der Waals surface area contributed by atoms with Crippen LogP contribution in [0.3, 0.4) is 0 Å². The molecule has 1 aromatic heterocycles. The SMILES string of the molecule is CCOC(=O)[C@@H](CCSC)Nc1nc2ccccc2o1. The van der Waals surface area contributed by atoms with Crippen molar-refractivity contribution >= 4 is 34.8 Å². The van der Waals surface area contributed by atoms with E-state index in [0.717, 1.165) is 11.3 Å². The first-order chi connectivity index (χ1) is 9.74. The first-order valence-electron chi connectivity index (χ1n) is 6.52. The molecule has 0 aliphatic heterocycles. The second kappa shape index (κ2) is 7.19. The summed E-state index contributed by atoms with van der Waals surface area (Å²) in [6.45, 7) is 2.16. The Morgan fingerprint density at radius 2 is 2.30 bits per heavy atom. The molecular formula is C14H18N2O3S. The van der Waals surface area contributed by atoms with E-state index in [0.29, 0.717) is 24.6 Å². The summed E-state index contributed by atoms with van der Waals surface area (Å²) in [5.74, 6) is 0.584. The third kappa shape index (κ3) is 3.66. The van der Waals surface area contributed by atoms with Gasteiger partial charge in [-0.25, -0.2) is 4.79 Å². The summed E-state index contributed by atoms with van der Waals surface area (Å²) in [7, 11) is 0. The summed E-state index contributed by atoms with van der Waals surface area (Å²) in [6.07, 6.45) is 2.67. The van der Waals surface area contributed by atoms with Crippen molar-refractivity contribution in [2.45, 2.75) is 19.4 Å². The number of nitrogens with zero attached hydrogens (tertiary/aromatic N) is 1. The molecule has 108 valence electrons. The van der Waals surface area contributed by atoms with Gasteiger partial charge in [0.1, 0.15) is 11.6 Å². The Labute approximate surface area is 122 Å². The van der Waals surface area contributed by atoms with Gasteiger partial charge in [-0.05, 0) is 37.5 Å². The number of aromatic nitrogens is 1. The van der Waals surface area contributed by atoms with Crippen LogP contribution in [0, 0.1) is 0 Å². The van der Waals surface area contributed by atoms with Crippen LogP contribution < -0.4 is 5.32 Å². The largest absolute Gasteiger partial charge is 0.464 e. The van der Waals surface area contributed by atoms with E-state index in [1.807, 2.05) is 30.5 Å². The second-order valence-corrected chi connectivity index (χ2v) is 5.20. The van der Waals surface area contributed by atoms with Crippen LogP contribution in [0.1, 0.15) is 13.3 Å². The normalized spacial score (nSPS) is 12.3. The molecular weight excluding hydrogens is 276 g/mol. The van der Waals surface area contributed by atoms with Crippen LogP contribution in [0.2, 0.25) is 0 Å². The average molecular weight is 294 g/mol. The minimum absolute atomic E-state index is 0.274. The van der Waals surface area contributed by atoms with Crippen molar-refractivity contribution in [2.24, 2.45) is 0 Å². The predicted molar refractivity (Wildman–Crippen MR) is 81.1 cm³/mol. The zero-order valence-electron chi connectivity index (χ0n) is 11.6. The highest BCUT2D eigenvalue weighted by Gasteiger charge is 2.21. The zero-order chi connectivity index (χ0) is 14.4. The van der Waals surface area contributed by atoms with Crippen molar-refractivity contribution in [1.29, 1.82) is 0 Å². The monoisotopic (exact) mass is 294 g/mol. The number of benzene rings is 1. The molecule has 0 radical (unpaired) electrons. The van der Waals surface area contributed by atoms with Crippen LogP contribution in [0.15, 0.2) is 28.7 Å². The number of hydrogen-bond acceptors (Lipinski definition) is 6. The van der Waals surface area contributed by atoms with E-state index >= 15 is 0 Å². The zero-order valence-corrected chi connectivity index (χ0v) is 12.4. The van der Waals surface area contributed by atoms with Crippen LogP contribution in [0.4, 0.5) is 6.01 Å². The molecule has 0 bridgehead atoms. The summed E-state index contributed by atoms with van der Waals surface area (Å²) >= 11 is 1.68. The third-order valence-corrected chi connectivity index (χ3v) is 3.42. The Bertz CT molecular complexity index is 537. The average Bonchev–Trinajstić information content (AvgIpc) is 2.86. The van der Waals surface area contributed by atoms with E-state index < -0.39 is 6.04 Å². The lowest BCUT2D eigenvalue weighted by Gasteiger charge is -2.15. The molecule has 0 unspecified atom stereocenters. The number of esters is 1. The van der Waals surface area contributed by atoms with Gasteiger partial charge >= 0.3 is 5.97 Å². The van der Waals surface area contributed by atoms with Crippen LogP contribution in [0.5, 0.6) is 0 Å². The van der Waals surface area contributed by atoms with Crippen LogP contribution in [0.25, 0.3) is 11.1 Å². The summed E-state index contributed by atoms with van der Waals surface area (Å²) in [5, 5.41) is 3.02. The number of carbonyl (C=O) groups is 1. The van der Waals surface area contributed by atoms with Gasteiger partial charge in [-0.1, -0.05) is 12.1 Å². The molecule has 1 heterocycles. The molecule has 0 amide bonds. The molecule has 0 fully saturated rings. The van der Waals surface area contributed by atoms with E-state index in [4.69, 9.17) is 9.15 Å². The highest BCUT2D eigenvalue weighted by Crippen LogP contribution is 2.19. The van der Waals surface area contributed by atoms with Gasteiger partial charge in [-0.3, -0.25) is 0 Å². The molecule has 2 rings (SSSR count). The van der Waals surface area contributed by atoms with Gasteiger partial charge < -0.3 is 14.5 Å². The Morgan fingerprint density at radius 3 is 3.00 bits per heavy atom. The van der Waals surface area contributed by atoms with Crippen molar-refractivity contribution in [1.82, 2.24) is 4.98 Å². The lowest BCUT2D eigenvalue weighted by molar-refractivity contribution is -0.144. The molecule has 0 spiro atoms. The number of nitrogens with one attached hydrogen (secondary N) is 1. The van der Waals surface area contributed by atoms with Crippen LogP contribution in [-0.2, 0) is 9.53 Å². The van der Waals surface area contributed by atoms with Gasteiger partial charge in [0.05, 0.1) is 6.61 Å². The maximum Gasteiger partial charge on any atom is 0.328 e. The Morgan fingerprint density at radius 1 is 1.50 bits per heavy atom. The molecule has 1 N–H and O–H groups in total. The fourth-order valence-electron chi connectivity index (χ4n) is 1.81. The van der Waals surface area contributed by atoms with E-state index in [-0.39, 0.29) is 5.97 Å². The van der Waals surface area contributed by atoms with Crippen molar-refractivity contribution in [3.63, 3.8) is 0 Å². The standard InChI is InChI=1S/C14H18N2O3S/c1-3-18-13(17)11(8-9-20-2)16-14-15-10-6-4-5-7-12(10)19-14/h4-7,11H,3,8-9H2,1-2H3,(H,15,16)/t11-/m1/s1. The van der Waals surface area contributed by atoms with Crippen LogP contribution >= 0.6 is 11.8 Å². The number of thioether (sulfide) groups is 1. The number of anilines is 1. The third-order valence-electron chi connectivity index (χ3n) is 2.77. The predicted octanol–water partition coefficient (Wildman–Crippen LogP) is 2.92. The van der Waals surface area contributed by atoms with Gasteiger partial charge in [-0.15, -0.1) is 0 Å². The summed E-state index contributed by atoms with van der Waals surface area (Å²) in [4.78, 5) is 16.2. The topological polar surface area (TPSA) is 64.4 Å². The number of fused-ring (bicyclic) bond motifs is 1. The summed E-state index contributed by atoms with van der Waals surface area (Å²) < 4.78 is 10.6. The smallest absolute Gasteiger partial charge is 0.328 e. The van der Waals surface area contributed by atoms with Gasteiger partial charge in [0.15, 0.2) is 5.58 Å². The maximum absolute atomic E-state index is 11.9. The Hall–Kier alpha value is -1.69. The summed E-state index contributed by atoms with van der Waals surface area (Å²) in [5.41, 5.74) is 1.46. The van der Waals surface area contributed by atoms with Crippen molar-refractivity contribution < 1.29 is 13.9 Å². The number of para-hydroxylation sites is 2. The molecule has 0 saturated heterocycles. The van der Waals surface area contributed by atoms with Gasteiger partial charge in [0, 0.05) is 0 Å². The van der Waals surface area contributed by atoms with Crippen molar-refractivity contribution in [3.05, 3.63) is 24.3 Å². The van der Waals surface area contributed by atoms with Gasteiger partial charge in [0.25, 0.3) is 6.01 Å². The number of oxazole rings is 1. The maximum atomic E-state index is 11.9. The molecule has 2 aromatic rings. The number of rotatable bonds is 7. The second-order valence-electron chi connectivity index (χ2n) is 4.22. The minimum Gasteiger partial charge on any atom is -0.464 e. The lowest BCUT2D eigenvalue weighted by atomic mass is 10.2. The lowest BCUT2D eigenvalue weighted by Crippen LogP contribution is -2.32. The van der Waals surface area contributed by atoms with Crippen molar-refractivity contribution in [2.75, 3.05) is 23.9 Å². The van der Waals surface area contributed by atoms with E-state index in [1.54, 1.807) is 18.7 Å². The van der Waals surface area contributed by atoms with E-state index in [2.05, 4.69) is 10.3 Å². The quantitative estimate of drug-likeness (QED) is 0.792. The molecule has 5 nitrogen and oxygen atoms in total. The van der Waals surface area contributed by atoms with Crippen molar-refractivity contribution in [3.8, 4) is 0 Å². The molecule has 1 atom stereocenters. The fraction of sp³-hybridized carbons (Fsp3) is 0.429. The Kier molecular flexibility index (Phi) is 5.29. The first kappa shape index (κ1) is 14.7. The highest BCUT2D eigenvalue weighted by atomic mass is 32.2. The van der Waals surface area contributed by atoms with Gasteiger partial charge in [0.2, 0.25) is 0 Å². The molecule has 1 aromatic carbocycles. The molecule has 0 aliphatic rings. The fourth-order valence-corrected chi connectivity index (χ4v) is 2.28. The van der Waals surface area contributed by atoms with Crippen LogP contribution in [-0.4, -0.2) is 35.6 Å². The highest BCUT2D eigenvalue weighted by molar-refractivity contribution is 7.98. The first-order valence-corrected chi connectivity index (χ1v) is 7.91. The Balaban J connectivity index is 2.11. The van der Waals surface area contributed by atoms with E-state index in [9.17, 15) is 4.79 Å². The minimum atomic E-state index is -0.435. The molecule has 0 aliphatic carbocycles. The number of carbonyl (C=O) groups excluding carboxylic acids is 1. The summed E-state index contributed by atoms with van der Waals surface area (Å²) in [6, 6.07) is 7.40. The number of hydrogen-bond donors (Lipinski definition) is 1. The van der Waals surface area contributed by atoms with Gasteiger partial charge in [-0.2, -0.15) is 16.7 Å².